The number of para-hydroxylation sites is 1. The number of rotatable bonds is 5. The summed E-state index contributed by atoms with van der Waals surface area (Å²) < 4.78 is 0. The van der Waals surface area contributed by atoms with Gasteiger partial charge in [-0.15, -0.1) is 11.3 Å². The molecule has 2 amide bonds. The lowest BCUT2D eigenvalue weighted by molar-refractivity contribution is -0.117. The maximum Gasteiger partial charge on any atom is 0.273 e. The number of anilines is 1. The first-order valence-corrected chi connectivity index (χ1v) is 11.6. The van der Waals surface area contributed by atoms with Gasteiger partial charge in [-0.05, 0) is 43.5 Å². The van der Waals surface area contributed by atoms with Gasteiger partial charge in [0.15, 0.2) is 0 Å². The van der Waals surface area contributed by atoms with Crippen molar-refractivity contribution in [3.8, 4) is 10.6 Å². The molecule has 0 spiro atoms. The third-order valence-corrected chi connectivity index (χ3v) is 6.53. The summed E-state index contributed by atoms with van der Waals surface area (Å²) in [5.41, 5.74) is 4.43. The zero-order valence-corrected chi connectivity index (χ0v) is 19.2. The zero-order valence-electron chi connectivity index (χ0n) is 18.4. The van der Waals surface area contributed by atoms with E-state index in [1.54, 1.807) is 12.4 Å². The SMILES string of the molecule is Cc1cccc(C)c1NC(=O)CN1CCCN(C(=O)c2csc(-c3ccncc3)n2)CC1. The largest absolute Gasteiger partial charge is 0.336 e. The van der Waals surface area contributed by atoms with Gasteiger partial charge in [0.05, 0.1) is 6.54 Å². The van der Waals surface area contributed by atoms with Gasteiger partial charge in [-0.25, -0.2) is 4.98 Å². The van der Waals surface area contributed by atoms with E-state index in [9.17, 15) is 9.59 Å². The Hall–Kier alpha value is -3.10. The number of aromatic nitrogens is 2. The standard InChI is InChI=1S/C24H27N5O2S/c1-17-5-3-6-18(2)22(17)27-21(30)15-28-11-4-12-29(14-13-28)24(31)20-16-32-23(26-20)19-7-9-25-10-8-19/h3,5-10,16H,4,11-15H2,1-2H3,(H,27,30). The monoisotopic (exact) mass is 449 g/mol. The van der Waals surface area contributed by atoms with Crippen LogP contribution in [-0.4, -0.2) is 64.3 Å². The minimum absolute atomic E-state index is 0.0244. The van der Waals surface area contributed by atoms with Crippen molar-refractivity contribution < 1.29 is 9.59 Å². The predicted octanol–water partition coefficient (Wildman–Crippen LogP) is 3.61. The number of hydrogen-bond acceptors (Lipinski definition) is 6. The van der Waals surface area contributed by atoms with E-state index in [-0.39, 0.29) is 11.8 Å². The molecule has 0 bridgehead atoms. The van der Waals surface area contributed by atoms with E-state index in [1.807, 2.05) is 54.5 Å². The number of hydrogen-bond donors (Lipinski definition) is 1. The van der Waals surface area contributed by atoms with E-state index in [0.717, 1.165) is 40.4 Å². The number of nitrogens with one attached hydrogen (secondary N) is 1. The highest BCUT2D eigenvalue weighted by atomic mass is 32.1. The Bertz CT molecular complexity index is 1080. The number of carbonyl (C=O) groups is 2. The lowest BCUT2D eigenvalue weighted by Gasteiger charge is -2.21. The number of amides is 2. The molecule has 1 aromatic carbocycles. The second-order valence-corrected chi connectivity index (χ2v) is 8.87. The van der Waals surface area contributed by atoms with Crippen molar-refractivity contribution in [3.63, 3.8) is 0 Å². The molecule has 3 heterocycles. The highest BCUT2D eigenvalue weighted by Gasteiger charge is 2.23. The van der Waals surface area contributed by atoms with Crippen LogP contribution in [0.3, 0.4) is 0 Å². The first-order valence-electron chi connectivity index (χ1n) is 10.7. The Morgan fingerprint density at radius 2 is 1.78 bits per heavy atom. The van der Waals surface area contributed by atoms with Crippen LogP contribution < -0.4 is 5.32 Å². The van der Waals surface area contributed by atoms with Crippen LogP contribution >= 0.6 is 11.3 Å². The van der Waals surface area contributed by atoms with Gasteiger partial charge in [-0.3, -0.25) is 19.5 Å². The summed E-state index contributed by atoms with van der Waals surface area (Å²) >= 11 is 1.46. The Morgan fingerprint density at radius 3 is 2.53 bits per heavy atom. The van der Waals surface area contributed by atoms with Crippen molar-refractivity contribution in [2.45, 2.75) is 20.3 Å². The highest BCUT2D eigenvalue weighted by molar-refractivity contribution is 7.13. The maximum absolute atomic E-state index is 13.0. The average Bonchev–Trinajstić information content (AvgIpc) is 3.18. The Balaban J connectivity index is 1.33. The molecule has 1 fully saturated rings. The van der Waals surface area contributed by atoms with Crippen LogP contribution in [0.2, 0.25) is 0 Å². The molecule has 1 aliphatic rings. The quantitative estimate of drug-likeness (QED) is 0.644. The fraction of sp³-hybridized carbons (Fsp3) is 0.333. The summed E-state index contributed by atoms with van der Waals surface area (Å²) in [5.74, 6) is -0.0768. The molecular formula is C24H27N5O2S. The van der Waals surface area contributed by atoms with Gasteiger partial charge in [0.1, 0.15) is 10.7 Å². The van der Waals surface area contributed by atoms with E-state index >= 15 is 0 Å². The van der Waals surface area contributed by atoms with Gasteiger partial charge in [-0.2, -0.15) is 0 Å². The Labute approximate surface area is 192 Å². The summed E-state index contributed by atoms with van der Waals surface area (Å²) in [6, 6.07) is 9.76. The van der Waals surface area contributed by atoms with E-state index in [2.05, 4.69) is 20.2 Å². The predicted molar refractivity (Wildman–Crippen MR) is 127 cm³/mol. The molecule has 2 aromatic heterocycles. The number of aryl methyl sites for hydroxylation is 2. The summed E-state index contributed by atoms with van der Waals surface area (Å²) in [7, 11) is 0. The summed E-state index contributed by atoms with van der Waals surface area (Å²) in [6.45, 7) is 7.00. The van der Waals surface area contributed by atoms with Gasteiger partial charge >= 0.3 is 0 Å². The molecule has 0 aliphatic carbocycles. The summed E-state index contributed by atoms with van der Waals surface area (Å²) in [6.07, 6.45) is 4.26. The topological polar surface area (TPSA) is 78.4 Å². The average molecular weight is 450 g/mol. The van der Waals surface area contributed by atoms with Crippen LogP contribution in [0.15, 0.2) is 48.1 Å². The molecule has 4 rings (SSSR count). The molecule has 0 unspecified atom stereocenters. The molecule has 7 nitrogen and oxygen atoms in total. The van der Waals surface area contributed by atoms with Crippen LogP contribution in [0.4, 0.5) is 5.69 Å². The van der Waals surface area contributed by atoms with Gasteiger partial charge in [0.25, 0.3) is 5.91 Å². The summed E-state index contributed by atoms with van der Waals surface area (Å²) in [4.78, 5) is 38.1. The number of carbonyl (C=O) groups excluding carboxylic acids is 2. The highest BCUT2D eigenvalue weighted by Crippen LogP contribution is 2.24. The number of benzene rings is 1. The second kappa shape index (κ2) is 10.0. The third-order valence-electron chi connectivity index (χ3n) is 5.64. The molecular weight excluding hydrogens is 422 g/mol. The normalized spacial score (nSPS) is 14.8. The minimum atomic E-state index is -0.0524. The minimum Gasteiger partial charge on any atom is -0.336 e. The van der Waals surface area contributed by atoms with Crippen molar-refractivity contribution in [2.75, 3.05) is 38.0 Å². The van der Waals surface area contributed by atoms with E-state index in [1.165, 1.54) is 11.3 Å². The van der Waals surface area contributed by atoms with Gasteiger partial charge in [0, 0.05) is 55.2 Å². The molecule has 1 N–H and O–H groups in total. The van der Waals surface area contributed by atoms with Crippen molar-refractivity contribution in [1.29, 1.82) is 0 Å². The number of pyridine rings is 1. The molecule has 1 saturated heterocycles. The first-order chi connectivity index (χ1) is 15.5. The van der Waals surface area contributed by atoms with Crippen LogP contribution in [0.25, 0.3) is 10.6 Å². The first kappa shape index (κ1) is 22.1. The lowest BCUT2D eigenvalue weighted by Crippen LogP contribution is -2.38. The van der Waals surface area contributed by atoms with Crippen LogP contribution in [0.1, 0.15) is 28.0 Å². The molecule has 3 aromatic rings. The fourth-order valence-corrected chi connectivity index (χ4v) is 4.69. The van der Waals surface area contributed by atoms with Gasteiger partial charge in [0.2, 0.25) is 5.91 Å². The smallest absolute Gasteiger partial charge is 0.273 e. The van der Waals surface area contributed by atoms with E-state index in [0.29, 0.717) is 31.9 Å². The molecule has 0 saturated carbocycles. The van der Waals surface area contributed by atoms with Crippen LogP contribution in [-0.2, 0) is 4.79 Å². The van der Waals surface area contributed by atoms with Gasteiger partial charge in [-0.1, -0.05) is 18.2 Å². The molecule has 166 valence electrons. The third kappa shape index (κ3) is 5.20. The molecule has 32 heavy (non-hydrogen) atoms. The van der Waals surface area contributed by atoms with E-state index in [4.69, 9.17) is 0 Å². The molecule has 8 heteroatoms. The van der Waals surface area contributed by atoms with Crippen molar-refractivity contribution in [3.05, 3.63) is 64.9 Å². The fourth-order valence-electron chi connectivity index (χ4n) is 3.89. The molecule has 1 aliphatic heterocycles. The van der Waals surface area contributed by atoms with Gasteiger partial charge < -0.3 is 10.2 Å². The summed E-state index contributed by atoms with van der Waals surface area (Å²) in [5, 5.41) is 5.68. The van der Waals surface area contributed by atoms with Crippen LogP contribution in [0, 0.1) is 13.8 Å². The van der Waals surface area contributed by atoms with E-state index < -0.39 is 0 Å². The van der Waals surface area contributed by atoms with Crippen molar-refractivity contribution >= 4 is 28.8 Å². The maximum atomic E-state index is 13.0. The van der Waals surface area contributed by atoms with Crippen molar-refractivity contribution in [2.24, 2.45) is 0 Å². The molecule has 0 atom stereocenters. The lowest BCUT2D eigenvalue weighted by atomic mass is 10.1. The zero-order chi connectivity index (χ0) is 22.5. The van der Waals surface area contributed by atoms with Crippen molar-refractivity contribution in [1.82, 2.24) is 19.8 Å². The molecule has 0 radical (unpaired) electrons. The Kier molecular flexibility index (Phi) is 6.92. The Morgan fingerprint density at radius 1 is 1.03 bits per heavy atom. The van der Waals surface area contributed by atoms with Crippen LogP contribution in [0.5, 0.6) is 0 Å². The number of thiazole rings is 1. The number of nitrogens with zero attached hydrogens (tertiary/aromatic N) is 4. The second-order valence-electron chi connectivity index (χ2n) is 8.01.